The van der Waals surface area contributed by atoms with E-state index in [2.05, 4.69) is 0 Å². The standard InChI is InChI=1S/C13H15ClN2O2/c14-11-7-10(15)6-5-9(11)8-16-12(17)3-1-2-4-13(16)18/h5-7H,1-4,8,15H2. The minimum atomic E-state index is -0.120. The van der Waals surface area contributed by atoms with Gasteiger partial charge >= 0.3 is 0 Å². The second-order valence-electron chi connectivity index (χ2n) is 4.43. The van der Waals surface area contributed by atoms with Gasteiger partial charge in [0, 0.05) is 23.6 Å². The van der Waals surface area contributed by atoms with Crippen LogP contribution in [-0.2, 0) is 16.1 Å². The maximum atomic E-state index is 11.8. The average Bonchev–Trinajstić information content (AvgIpc) is 2.47. The zero-order chi connectivity index (χ0) is 13.1. The van der Waals surface area contributed by atoms with Gasteiger partial charge in [-0.05, 0) is 30.5 Å². The average molecular weight is 267 g/mol. The molecular weight excluding hydrogens is 252 g/mol. The number of nitrogens with two attached hydrogens (primary N) is 1. The SMILES string of the molecule is Nc1ccc(CN2C(=O)CCCCC2=O)c(Cl)c1. The molecule has 0 atom stereocenters. The lowest BCUT2D eigenvalue weighted by Gasteiger charge is -2.19. The van der Waals surface area contributed by atoms with Crippen LogP contribution in [0.4, 0.5) is 5.69 Å². The molecule has 2 N–H and O–H groups in total. The summed E-state index contributed by atoms with van der Waals surface area (Å²) in [5.41, 5.74) is 6.92. The Balaban J connectivity index is 2.20. The zero-order valence-electron chi connectivity index (χ0n) is 9.99. The Bertz CT molecular complexity index is 470. The third kappa shape index (κ3) is 2.82. The van der Waals surface area contributed by atoms with Crippen LogP contribution in [0.15, 0.2) is 18.2 Å². The molecule has 1 saturated heterocycles. The van der Waals surface area contributed by atoms with Crippen molar-refractivity contribution in [3.63, 3.8) is 0 Å². The van der Waals surface area contributed by atoms with Crippen molar-refractivity contribution in [2.24, 2.45) is 0 Å². The molecule has 1 aliphatic rings. The Morgan fingerprint density at radius 2 is 1.78 bits per heavy atom. The van der Waals surface area contributed by atoms with Crippen LogP contribution in [0.25, 0.3) is 0 Å². The van der Waals surface area contributed by atoms with Crippen LogP contribution in [0.5, 0.6) is 0 Å². The summed E-state index contributed by atoms with van der Waals surface area (Å²) < 4.78 is 0. The first-order valence-electron chi connectivity index (χ1n) is 5.95. The number of benzene rings is 1. The quantitative estimate of drug-likeness (QED) is 0.660. The normalized spacial score (nSPS) is 16.8. The molecule has 0 unspecified atom stereocenters. The van der Waals surface area contributed by atoms with Gasteiger partial charge in [0.05, 0.1) is 6.54 Å². The molecule has 0 spiro atoms. The number of amides is 2. The number of halogens is 1. The van der Waals surface area contributed by atoms with Crippen molar-refractivity contribution in [2.75, 3.05) is 5.73 Å². The Morgan fingerprint density at radius 1 is 1.17 bits per heavy atom. The molecule has 1 aromatic rings. The highest BCUT2D eigenvalue weighted by atomic mass is 35.5. The van der Waals surface area contributed by atoms with Crippen LogP contribution in [0, 0.1) is 0 Å². The molecule has 1 aromatic carbocycles. The van der Waals surface area contributed by atoms with E-state index in [0.29, 0.717) is 23.6 Å². The first-order chi connectivity index (χ1) is 8.58. The first kappa shape index (κ1) is 12.9. The van der Waals surface area contributed by atoms with Crippen molar-refractivity contribution in [3.05, 3.63) is 28.8 Å². The highest BCUT2D eigenvalue weighted by Crippen LogP contribution is 2.23. The molecule has 1 heterocycles. The van der Waals surface area contributed by atoms with Crippen LogP contribution in [0.2, 0.25) is 5.02 Å². The molecule has 4 nitrogen and oxygen atoms in total. The van der Waals surface area contributed by atoms with E-state index in [-0.39, 0.29) is 18.4 Å². The molecule has 0 saturated carbocycles. The minimum Gasteiger partial charge on any atom is -0.399 e. The number of rotatable bonds is 2. The van der Waals surface area contributed by atoms with Gasteiger partial charge in [0.25, 0.3) is 0 Å². The van der Waals surface area contributed by atoms with Crippen LogP contribution < -0.4 is 5.73 Å². The van der Waals surface area contributed by atoms with Crippen LogP contribution >= 0.6 is 11.6 Å². The van der Waals surface area contributed by atoms with E-state index in [9.17, 15) is 9.59 Å². The number of hydrogen-bond acceptors (Lipinski definition) is 3. The predicted molar refractivity (Wildman–Crippen MR) is 69.9 cm³/mol. The number of hydrogen-bond donors (Lipinski definition) is 1. The molecule has 0 aliphatic carbocycles. The molecule has 2 rings (SSSR count). The maximum Gasteiger partial charge on any atom is 0.229 e. The van der Waals surface area contributed by atoms with E-state index in [4.69, 9.17) is 17.3 Å². The first-order valence-corrected chi connectivity index (χ1v) is 6.33. The number of carbonyl (C=O) groups excluding carboxylic acids is 2. The highest BCUT2D eigenvalue weighted by Gasteiger charge is 2.24. The monoisotopic (exact) mass is 266 g/mol. The van der Waals surface area contributed by atoms with Gasteiger partial charge in [0.15, 0.2) is 0 Å². The van der Waals surface area contributed by atoms with Crippen molar-refractivity contribution in [2.45, 2.75) is 32.2 Å². The second-order valence-corrected chi connectivity index (χ2v) is 4.84. The summed E-state index contributed by atoms with van der Waals surface area (Å²) in [6.45, 7) is 0.233. The number of imide groups is 1. The molecule has 2 amide bonds. The summed E-state index contributed by atoms with van der Waals surface area (Å²) in [5, 5.41) is 0.486. The molecule has 0 bridgehead atoms. The number of nitrogens with zero attached hydrogens (tertiary/aromatic N) is 1. The van der Waals surface area contributed by atoms with Crippen molar-refractivity contribution in [1.82, 2.24) is 4.90 Å². The summed E-state index contributed by atoms with van der Waals surface area (Å²) >= 11 is 6.06. The van der Waals surface area contributed by atoms with Gasteiger partial charge in [-0.3, -0.25) is 14.5 Å². The van der Waals surface area contributed by atoms with Gasteiger partial charge in [-0.25, -0.2) is 0 Å². The Labute approximate surface area is 111 Å². The fourth-order valence-corrected chi connectivity index (χ4v) is 2.25. The lowest BCUT2D eigenvalue weighted by Crippen LogP contribution is -2.34. The molecule has 1 fully saturated rings. The van der Waals surface area contributed by atoms with Gasteiger partial charge in [-0.1, -0.05) is 17.7 Å². The van der Waals surface area contributed by atoms with Crippen LogP contribution in [-0.4, -0.2) is 16.7 Å². The number of anilines is 1. The van der Waals surface area contributed by atoms with Crippen molar-refractivity contribution < 1.29 is 9.59 Å². The molecule has 1 aliphatic heterocycles. The number of carbonyl (C=O) groups is 2. The number of likely N-dealkylation sites (tertiary alicyclic amines) is 1. The summed E-state index contributed by atoms with van der Waals surface area (Å²) in [5.74, 6) is -0.240. The summed E-state index contributed by atoms with van der Waals surface area (Å²) in [6.07, 6.45) is 2.41. The second kappa shape index (κ2) is 5.40. The molecule has 18 heavy (non-hydrogen) atoms. The summed E-state index contributed by atoms with van der Waals surface area (Å²) in [7, 11) is 0. The summed E-state index contributed by atoms with van der Waals surface area (Å²) in [4.78, 5) is 25.0. The van der Waals surface area contributed by atoms with E-state index in [1.165, 1.54) is 4.90 Å². The highest BCUT2D eigenvalue weighted by molar-refractivity contribution is 6.31. The fraction of sp³-hybridized carbons (Fsp3) is 0.385. The molecule has 0 radical (unpaired) electrons. The lowest BCUT2D eigenvalue weighted by atomic mass is 10.2. The van der Waals surface area contributed by atoms with Gasteiger partial charge in [0.2, 0.25) is 11.8 Å². The Morgan fingerprint density at radius 3 is 2.33 bits per heavy atom. The van der Waals surface area contributed by atoms with E-state index < -0.39 is 0 Å². The third-order valence-corrected chi connectivity index (χ3v) is 3.39. The van der Waals surface area contributed by atoms with E-state index >= 15 is 0 Å². The van der Waals surface area contributed by atoms with E-state index in [1.54, 1.807) is 18.2 Å². The van der Waals surface area contributed by atoms with Gasteiger partial charge in [-0.15, -0.1) is 0 Å². The zero-order valence-corrected chi connectivity index (χ0v) is 10.7. The van der Waals surface area contributed by atoms with Gasteiger partial charge < -0.3 is 5.73 Å². The Hall–Kier alpha value is -1.55. The molecule has 5 heteroatoms. The maximum absolute atomic E-state index is 11.8. The van der Waals surface area contributed by atoms with E-state index in [0.717, 1.165) is 18.4 Å². The lowest BCUT2D eigenvalue weighted by molar-refractivity contribution is -0.144. The third-order valence-electron chi connectivity index (χ3n) is 3.04. The molecule has 0 aromatic heterocycles. The predicted octanol–water partition coefficient (Wildman–Crippen LogP) is 2.35. The smallest absolute Gasteiger partial charge is 0.229 e. The van der Waals surface area contributed by atoms with Gasteiger partial charge in [-0.2, -0.15) is 0 Å². The number of nitrogen functional groups attached to an aromatic ring is 1. The minimum absolute atomic E-state index is 0.120. The topological polar surface area (TPSA) is 63.4 Å². The molecular formula is C13H15ClN2O2. The van der Waals surface area contributed by atoms with E-state index in [1.807, 2.05) is 0 Å². The summed E-state index contributed by atoms with van der Waals surface area (Å²) in [6, 6.07) is 5.10. The largest absolute Gasteiger partial charge is 0.399 e. The van der Waals surface area contributed by atoms with Gasteiger partial charge in [0.1, 0.15) is 0 Å². The van der Waals surface area contributed by atoms with Crippen molar-refractivity contribution >= 4 is 29.1 Å². The fourth-order valence-electron chi connectivity index (χ4n) is 2.00. The Kier molecular flexibility index (Phi) is 3.87. The molecule has 96 valence electrons. The van der Waals surface area contributed by atoms with Crippen molar-refractivity contribution in [1.29, 1.82) is 0 Å². The van der Waals surface area contributed by atoms with Crippen molar-refractivity contribution in [3.8, 4) is 0 Å². The van der Waals surface area contributed by atoms with Crippen LogP contribution in [0.1, 0.15) is 31.2 Å². The van der Waals surface area contributed by atoms with Crippen LogP contribution in [0.3, 0.4) is 0 Å².